The molecule has 1 N–H and O–H groups in total. The molecule has 110 valence electrons. The van der Waals surface area contributed by atoms with Gasteiger partial charge in [-0.1, -0.05) is 36.4 Å². The molecule has 2 amide bonds. The van der Waals surface area contributed by atoms with Crippen molar-refractivity contribution in [1.82, 2.24) is 0 Å². The summed E-state index contributed by atoms with van der Waals surface area (Å²) in [6.45, 7) is 3.89. The molecule has 0 aliphatic carbocycles. The van der Waals surface area contributed by atoms with Crippen molar-refractivity contribution < 1.29 is 14.7 Å². The van der Waals surface area contributed by atoms with E-state index in [2.05, 4.69) is 0 Å². The van der Waals surface area contributed by atoms with Gasteiger partial charge >= 0.3 is 5.91 Å². The zero-order chi connectivity index (χ0) is 15.9. The van der Waals surface area contributed by atoms with E-state index >= 15 is 0 Å². The highest BCUT2D eigenvalue weighted by Crippen LogP contribution is 2.32. The molecule has 0 atom stereocenters. The summed E-state index contributed by atoms with van der Waals surface area (Å²) >= 11 is 0. The number of hydrogen-bond acceptors (Lipinski definition) is 3. The van der Waals surface area contributed by atoms with E-state index in [9.17, 15) is 14.7 Å². The number of para-hydroxylation sites is 1. The van der Waals surface area contributed by atoms with Crippen LogP contribution in [0.3, 0.4) is 0 Å². The number of imide groups is 1. The zero-order valence-electron chi connectivity index (χ0n) is 12.3. The highest BCUT2D eigenvalue weighted by atomic mass is 16.3. The first-order chi connectivity index (χ1) is 10.5. The average Bonchev–Trinajstić information content (AvgIpc) is 2.73. The third-order valence-electron chi connectivity index (χ3n) is 3.87. The molecule has 1 aliphatic heterocycles. The molecule has 0 unspecified atom stereocenters. The number of carbonyl (C=O) groups excluding carboxylic acids is 2. The molecule has 2 aromatic carbocycles. The molecule has 3 rings (SSSR count). The van der Waals surface area contributed by atoms with Crippen LogP contribution in [0.15, 0.2) is 54.3 Å². The Morgan fingerprint density at radius 3 is 2.18 bits per heavy atom. The molecule has 1 aliphatic rings. The summed E-state index contributed by atoms with van der Waals surface area (Å²) in [5, 5.41) is 10.1. The van der Waals surface area contributed by atoms with Gasteiger partial charge in [0.15, 0.2) is 5.76 Å². The number of hydrogen-bond donors (Lipinski definition) is 1. The van der Waals surface area contributed by atoms with Crippen LogP contribution in [-0.2, 0) is 9.59 Å². The van der Waals surface area contributed by atoms with Crippen molar-refractivity contribution in [3.8, 4) is 0 Å². The van der Waals surface area contributed by atoms with Gasteiger partial charge in [0, 0.05) is 0 Å². The number of amides is 2. The SMILES string of the molecule is Cc1ccc(C2=C(O)C(=O)N(c3ccccc3)C2=O)cc1C. The topological polar surface area (TPSA) is 57.6 Å². The Hall–Kier alpha value is -2.88. The lowest BCUT2D eigenvalue weighted by Gasteiger charge is -2.14. The average molecular weight is 293 g/mol. The molecule has 0 saturated carbocycles. The predicted molar refractivity (Wildman–Crippen MR) is 84.4 cm³/mol. The van der Waals surface area contributed by atoms with Gasteiger partial charge in [-0.05, 0) is 42.7 Å². The zero-order valence-corrected chi connectivity index (χ0v) is 12.3. The largest absolute Gasteiger partial charge is 0.502 e. The molecular weight excluding hydrogens is 278 g/mol. The van der Waals surface area contributed by atoms with Crippen LogP contribution in [0.2, 0.25) is 0 Å². The Balaban J connectivity index is 2.08. The lowest BCUT2D eigenvalue weighted by Crippen LogP contribution is -2.31. The smallest absolute Gasteiger partial charge is 0.301 e. The number of rotatable bonds is 2. The summed E-state index contributed by atoms with van der Waals surface area (Å²) in [4.78, 5) is 25.9. The Bertz CT molecular complexity index is 806. The second-order valence-corrected chi connectivity index (χ2v) is 5.30. The minimum atomic E-state index is -0.690. The summed E-state index contributed by atoms with van der Waals surface area (Å²) in [6.07, 6.45) is 0. The summed E-state index contributed by atoms with van der Waals surface area (Å²) in [7, 11) is 0. The van der Waals surface area contributed by atoms with Crippen molar-refractivity contribution in [2.75, 3.05) is 4.90 Å². The minimum absolute atomic E-state index is 0.0527. The Labute approximate surface area is 128 Å². The molecule has 0 aromatic heterocycles. The van der Waals surface area contributed by atoms with Crippen LogP contribution >= 0.6 is 0 Å². The quantitative estimate of drug-likeness (QED) is 0.865. The number of aliphatic hydroxyl groups excluding tert-OH is 1. The van der Waals surface area contributed by atoms with Gasteiger partial charge < -0.3 is 5.11 Å². The molecule has 4 nitrogen and oxygen atoms in total. The first kappa shape index (κ1) is 14.1. The summed E-state index contributed by atoms with van der Waals surface area (Å²) in [5.41, 5.74) is 3.13. The molecule has 0 spiro atoms. The number of nitrogens with zero attached hydrogens (tertiary/aromatic N) is 1. The van der Waals surface area contributed by atoms with E-state index in [4.69, 9.17) is 0 Å². The van der Waals surface area contributed by atoms with Crippen LogP contribution in [0.5, 0.6) is 0 Å². The van der Waals surface area contributed by atoms with Crippen LogP contribution in [0, 0.1) is 13.8 Å². The van der Waals surface area contributed by atoms with Gasteiger partial charge in [-0.3, -0.25) is 9.59 Å². The van der Waals surface area contributed by atoms with E-state index < -0.39 is 17.6 Å². The number of carbonyl (C=O) groups is 2. The Morgan fingerprint density at radius 1 is 0.864 bits per heavy atom. The number of aliphatic hydroxyl groups is 1. The maximum atomic E-state index is 12.6. The minimum Gasteiger partial charge on any atom is -0.502 e. The van der Waals surface area contributed by atoms with Crippen LogP contribution in [-0.4, -0.2) is 16.9 Å². The van der Waals surface area contributed by atoms with E-state index in [1.165, 1.54) is 0 Å². The normalized spacial score (nSPS) is 14.9. The molecule has 2 aromatic rings. The lowest BCUT2D eigenvalue weighted by molar-refractivity contribution is -0.121. The van der Waals surface area contributed by atoms with Crippen molar-refractivity contribution in [2.45, 2.75) is 13.8 Å². The predicted octanol–water partition coefficient (Wildman–Crippen LogP) is 3.15. The maximum Gasteiger partial charge on any atom is 0.301 e. The molecule has 1 heterocycles. The van der Waals surface area contributed by atoms with E-state index in [0.29, 0.717) is 11.3 Å². The summed E-state index contributed by atoms with van der Waals surface area (Å²) in [6, 6.07) is 14.0. The maximum absolute atomic E-state index is 12.6. The number of anilines is 1. The Kier molecular flexibility index (Phi) is 3.29. The fourth-order valence-electron chi connectivity index (χ4n) is 2.49. The van der Waals surface area contributed by atoms with Gasteiger partial charge in [-0.2, -0.15) is 0 Å². The van der Waals surface area contributed by atoms with E-state index in [1.54, 1.807) is 42.5 Å². The number of benzene rings is 2. The standard InChI is InChI=1S/C18H15NO3/c1-11-8-9-13(10-12(11)2)15-16(20)18(22)19(17(15)21)14-6-4-3-5-7-14/h3-10,20H,1-2H3. The van der Waals surface area contributed by atoms with Gasteiger partial charge in [-0.15, -0.1) is 0 Å². The molecule has 0 saturated heterocycles. The van der Waals surface area contributed by atoms with E-state index in [-0.39, 0.29) is 5.57 Å². The summed E-state index contributed by atoms with van der Waals surface area (Å²) in [5.74, 6) is -1.70. The van der Waals surface area contributed by atoms with Crippen molar-refractivity contribution in [1.29, 1.82) is 0 Å². The van der Waals surface area contributed by atoms with Gasteiger partial charge in [0.2, 0.25) is 0 Å². The fraction of sp³-hybridized carbons (Fsp3) is 0.111. The molecule has 0 fully saturated rings. The highest BCUT2D eigenvalue weighted by Gasteiger charge is 2.40. The lowest BCUT2D eigenvalue weighted by atomic mass is 10.00. The molecule has 0 bridgehead atoms. The van der Waals surface area contributed by atoms with Gasteiger partial charge in [0.05, 0.1) is 11.3 Å². The van der Waals surface area contributed by atoms with E-state index in [1.807, 2.05) is 19.9 Å². The molecule has 0 radical (unpaired) electrons. The van der Waals surface area contributed by atoms with Gasteiger partial charge in [-0.25, -0.2) is 4.90 Å². The first-order valence-corrected chi connectivity index (χ1v) is 6.95. The third-order valence-corrected chi connectivity index (χ3v) is 3.87. The number of aryl methyl sites for hydroxylation is 2. The molecular formula is C18H15NO3. The Morgan fingerprint density at radius 2 is 1.55 bits per heavy atom. The van der Waals surface area contributed by atoms with Crippen molar-refractivity contribution in [3.05, 3.63) is 71.0 Å². The van der Waals surface area contributed by atoms with Crippen LogP contribution in [0.25, 0.3) is 5.57 Å². The van der Waals surface area contributed by atoms with Crippen LogP contribution < -0.4 is 4.90 Å². The third kappa shape index (κ3) is 2.09. The van der Waals surface area contributed by atoms with Crippen LogP contribution in [0.4, 0.5) is 5.69 Å². The van der Waals surface area contributed by atoms with Gasteiger partial charge in [0.25, 0.3) is 5.91 Å². The molecule has 22 heavy (non-hydrogen) atoms. The van der Waals surface area contributed by atoms with E-state index in [0.717, 1.165) is 16.0 Å². The highest BCUT2D eigenvalue weighted by molar-refractivity contribution is 6.44. The van der Waals surface area contributed by atoms with Crippen LogP contribution in [0.1, 0.15) is 16.7 Å². The second kappa shape index (κ2) is 5.15. The van der Waals surface area contributed by atoms with Crippen molar-refractivity contribution in [2.24, 2.45) is 0 Å². The van der Waals surface area contributed by atoms with Crippen molar-refractivity contribution in [3.63, 3.8) is 0 Å². The van der Waals surface area contributed by atoms with Gasteiger partial charge in [0.1, 0.15) is 0 Å². The fourth-order valence-corrected chi connectivity index (χ4v) is 2.49. The molecule has 4 heteroatoms. The monoisotopic (exact) mass is 293 g/mol. The summed E-state index contributed by atoms with van der Waals surface area (Å²) < 4.78 is 0. The van der Waals surface area contributed by atoms with Crippen molar-refractivity contribution >= 4 is 23.1 Å². The second-order valence-electron chi connectivity index (χ2n) is 5.30. The first-order valence-electron chi connectivity index (χ1n) is 6.95.